The molecule has 21 heavy (non-hydrogen) atoms. The number of hydrogen-bond acceptors (Lipinski definition) is 3. The minimum atomic E-state index is -0.0194. The second-order valence-electron chi connectivity index (χ2n) is 5.70. The minimum Gasteiger partial charge on any atom is -0.397 e. The normalized spacial score (nSPS) is 16.3. The molecule has 0 radical (unpaired) electrons. The van der Waals surface area contributed by atoms with E-state index in [9.17, 15) is 4.79 Å². The lowest BCUT2D eigenvalue weighted by atomic mass is 9.74. The average Bonchev–Trinajstić information content (AvgIpc) is 2.44. The van der Waals surface area contributed by atoms with Gasteiger partial charge < -0.3 is 11.5 Å². The number of allylic oxidation sites excluding steroid dienone is 1. The molecule has 4 rings (SSSR count). The maximum Gasteiger partial charge on any atom is 0.196 e. The molecule has 1 saturated carbocycles. The predicted molar refractivity (Wildman–Crippen MR) is 85.0 cm³/mol. The first-order valence-corrected chi connectivity index (χ1v) is 7.23. The molecule has 0 bridgehead atoms. The molecule has 0 unspecified atom stereocenters. The van der Waals surface area contributed by atoms with Crippen molar-refractivity contribution >= 4 is 22.7 Å². The van der Waals surface area contributed by atoms with Crippen molar-refractivity contribution in [3.8, 4) is 0 Å². The van der Waals surface area contributed by atoms with Gasteiger partial charge in [-0.15, -0.1) is 0 Å². The van der Waals surface area contributed by atoms with Crippen LogP contribution in [0, 0.1) is 0 Å². The molecule has 2 aliphatic rings. The van der Waals surface area contributed by atoms with E-state index in [4.69, 9.17) is 11.5 Å². The summed E-state index contributed by atoms with van der Waals surface area (Å²) in [7, 11) is 0. The zero-order valence-electron chi connectivity index (χ0n) is 11.6. The third-order valence-corrected chi connectivity index (χ3v) is 4.53. The second kappa shape index (κ2) is 4.22. The molecule has 104 valence electrons. The van der Waals surface area contributed by atoms with Crippen molar-refractivity contribution in [1.82, 2.24) is 0 Å². The number of nitrogens with two attached hydrogens (primary N) is 2. The highest BCUT2D eigenvalue weighted by molar-refractivity contribution is 6.22. The molecular formula is C18H16N2O. The largest absolute Gasteiger partial charge is 0.397 e. The van der Waals surface area contributed by atoms with E-state index in [-0.39, 0.29) is 5.78 Å². The van der Waals surface area contributed by atoms with Crippen LogP contribution in [0.25, 0.3) is 5.57 Å². The summed E-state index contributed by atoms with van der Waals surface area (Å²) in [5.41, 5.74) is 18.8. The Morgan fingerprint density at radius 3 is 2.24 bits per heavy atom. The van der Waals surface area contributed by atoms with Gasteiger partial charge in [-0.05, 0) is 42.0 Å². The summed E-state index contributed by atoms with van der Waals surface area (Å²) >= 11 is 0. The van der Waals surface area contributed by atoms with Crippen LogP contribution in [0.3, 0.4) is 0 Å². The van der Waals surface area contributed by atoms with E-state index in [1.807, 2.05) is 30.3 Å². The Hall–Kier alpha value is -2.55. The van der Waals surface area contributed by atoms with Crippen LogP contribution in [0.1, 0.15) is 46.3 Å². The van der Waals surface area contributed by atoms with Crippen LogP contribution in [-0.4, -0.2) is 5.78 Å². The summed E-state index contributed by atoms with van der Waals surface area (Å²) in [5.74, 6) is -0.0194. The molecule has 1 fully saturated rings. The van der Waals surface area contributed by atoms with Crippen molar-refractivity contribution in [3.63, 3.8) is 0 Å². The van der Waals surface area contributed by atoms with Crippen molar-refractivity contribution < 1.29 is 4.79 Å². The number of anilines is 2. The summed E-state index contributed by atoms with van der Waals surface area (Å²) < 4.78 is 0. The maximum atomic E-state index is 12.8. The predicted octanol–water partition coefficient (Wildman–Crippen LogP) is 3.38. The zero-order chi connectivity index (χ0) is 14.6. The van der Waals surface area contributed by atoms with Gasteiger partial charge in [0.25, 0.3) is 0 Å². The molecule has 2 aromatic carbocycles. The number of benzene rings is 2. The van der Waals surface area contributed by atoms with Crippen molar-refractivity contribution in [3.05, 3.63) is 64.2 Å². The van der Waals surface area contributed by atoms with Gasteiger partial charge in [-0.1, -0.05) is 35.9 Å². The molecule has 0 aliphatic heterocycles. The Morgan fingerprint density at radius 2 is 1.57 bits per heavy atom. The van der Waals surface area contributed by atoms with E-state index in [1.54, 1.807) is 6.07 Å². The van der Waals surface area contributed by atoms with Crippen LogP contribution in [0.15, 0.2) is 42.0 Å². The Kier molecular flexibility index (Phi) is 2.45. The van der Waals surface area contributed by atoms with Gasteiger partial charge in [0.05, 0.1) is 16.9 Å². The standard InChI is InChI=1S/C18H16N2O/c19-14-9-8-13-15(10-4-3-5-10)11-6-1-2-7-12(11)18(21)16(13)17(14)20/h1-2,6-9H,3-5,19-20H2. The molecule has 0 spiro atoms. The molecule has 0 amide bonds. The van der Waals surface area contributed by atoms with E-state index >= 15 is 0 Å². The van der Waals surface area contributed by atoms with Crippen LogP contribution in [-0.2, 0) is 0 Å². The number of carbonyl (C=O) groups excluding carboxylic acids is 1. The molecule has 3 heteroatoms. The van der Waals surface area contributed by atoms with E-state index in [0.29, 0.717) is 16.9 Å². The first kappa shape index (κ1) is 12.2. The molecule has 3 nitrogen and oxygen atoms in total. The van der Waals surface area contributed by atoms with Crippen molar-refractivity contribution in [2.75, 3.05) is 11.5 Å². The highest BCUT2D eigenvalue weighted by Crippen LogP contribution is 2.45. The Morgan fingerprint density at radius 1 is 0.857 bits per heavy atom. The van der Waals surface area contributed by atoms with E-state index in [1.165, 1.54) is 17.6 Å². The third kappa shape index (κ3) is 1.57. The number of ketones is 1. The van der Waals surface area contributed by atoms with Gasteiger partial charge in [-0.3, -0.25) is 4.79 Å². The smallest absolute Gasteiger partial charge is 0.196 e. The Bertz CT molecular complexity index is 812. The van der Waals surface area contributed by atoms with Crippen molar-refractivity contribution in [2.45, 2.75) is 19.3 Å². The fraction of sp³-hybridized carbons (Fsp3) is 0.167. The fourth-order valence-corrected chi connectivity index (χ4v) is 3.25. The first-order valence-electron chi connectivity index (χ1n) is 7.23. The average molecular weight is 276 g/mol. The van der Waals surface area contributed by atoms with Crippen LogP contribution < -0.4 is 11.5 Å². The Labute approximate surface area is 123 Å². The second-order valence-corrected chi connectivity index (χ2v) is 5.70. The van der Waals surface area contributed by atoms with Gasteiger partial charge >= 0.3 is 0 Å². The number of nitrogen functional groups attached to an aromatic ring is 2. The van der Waals surface area contributed by atoms with Gasteiger partial charge in [-0.2, -0.15) is 0 Å². The SMILES string of the molecule is Nc1ccc2c(c1N)C(=O)c1ccccc1C2=C1CCC1. The van der Waals surface area contributed by atoms with Crippen molar-refractivity contribution in [2.24, 2.45) is 0 Å². The highest BCUT2D eigenvalue weighted by Gasteiger charge is 2.31. The van der Waals surface area contributed by atoms with Gasteiger partial charge in [0.1, 0.15) is 0 Å². The summed E-state index contributed by atoms with van der Waals surface area (Å²) in [6.45, 7) is 0. The highest BCUT2D eigenvalue weighted by atomic mass is 16.1. The van der Waals surface area contributed by atoms with Crippen molar-refractivity contribution in [1.29, 1.82) is 0 Å². The molecule has 0 aromatic heterocycles. The molecule has 0 saturated heterocycles. The topological polar surface area (TPSA) is 69.1 Å². The van der Waals surface area contributed by atoms with Crippen LogP contribution in [0.4, 0.5) is 11.4 Å². The lowest BCUT2D eigenvalue weighted by molar-refractivity contribution is 0.103. The monoisotopic (exact) mass is 276 g/mol. The van der Waals surface area contributed by atoms with Crippen LogP contribution in [0.2, 0.25) is 0 Å². The summed E-state index contributed by atoms with van der Waals surface area (Å²) in [6.07, 6.45) is 3.41. The third-order valence-electron chi connectivity index (χ3n) is 4.53. The van der Waals surface area contributed by atoms with Crippen LogP contribution in [0.5, 0.6) is 0 Å². The number of fused-ring (bicyclic) bond motifs is 2. The number of hydrogen-bond donors (Lipinski definition) is 2. The van der Waals surface area contributed by atoms with E-state index in [2.05, 4.69) is 0 Å². The fourth-order valence-electron chi connectivity index (χ4n) is 3.25. The summed E-state index contributed by atoms with van der Waals surface area (Å²) in [4.78, 5) is 12.8. The zero-order valence-corrected chi connectivity index (χ0v) is 11.6. The number of rotatable bonds is 0. The number of carbonyl (C=O) groups is 1. The Balaban J connectivity index is 2.11. The van der Waals surface area contributed by atoms with Gasteiger partial charge in [0.2, 0.25) is 0 Å². The van der Waals surface area contributed by atoms with Gasteiger partial charge in [0, 0.05) is 5.56 Å². The molecule has 2 aliphatic carbocycles. The molecule has 4 N–H and O–H groups in total. The van der Waals surface area contributed by atoms with E-state index < -0.39 is 0 Å². The molecule has 0 atom stereocenters. The molecule has 2 aromatic rings. The lowest BCUT2D eigenvalue weighted by Crippen LogP contribution is -2.19. The first-order chi connectivity index (χ1) is 10.2. The molecular weight excluding hydrogens is 260 g/mol. The summed E-state index contributed by atoms with van der Waals surface area (Å²) in [5, 5.41) is 0. The van der Waals surface area contributed by atoms with Gasteiger partial charge in [-0.25, -0.2) is 0 Å². The van der Waals surface area contributed by atoms with Gasteiger partial charge in [0.15, 0.2) is 5.78 Å². The lowest BCUT2D eigenvalue weighted by Gasteiger charge is -2.29. The molecule has 0 heterocycles. The minimum absolute atomic E-state index is 0.0194. The van der Waals surface area contributed by atoms with E-state index in [0.717, 1.165) is 29.5 Å². The van der Waals surface area contributed by atoms with Crippen LogP contribution >= 0.6 is 0 Å². The quantitative estimate of drug-likeness (QED) is 0.618. The summed E-state index contributed by atoms with van der Waals surface area (Å²) in [6, 6.07) is 11.5. The maximum absolute atomic E-state index is 12.8.